The standard InChI is InChI=1S/C18H30BNO/c19-15-20(12-7-13-21)14-18(16-8-3-1-4-9-16)17-10-5-2-6-11-17/h1,3-4,8-9,17-18,21H,2,5-7,10-15,19H2. The Kier molecular flexibility index (Phi) is 7.32. The molecule has 0 heterocycles. The van der Waals surface area contributed by atoms with Gasteiger partial charge in [-0.3, -0.25) is 0 Å². The fourth-order valence-electron chi connectivity index (χ4n) is 3.71. The van der Waals surface area contributed by atoms with Gasteiger partial charge in [0.15, 0.2) is 0 Å². The van der Waals surface area contributed by atoms with Crippen LogP contribution in [0.25, 0.3) is 0 Å². The third-order valence-electron chi connectivity index (χ3n) is 4.98. The van der Waals surface area contributed by atoms with E-state index in [1.165, 1.54) is 37.7 Å². The van der Waals surface area contributed by atoms with Gasteiger partial charge in [0.25, 0.3) is 0 Å². The maximum Gasteiger partial charge on any atom is 0.119 e. The zero-order valence-electron chi connectivity index (χ0n) is 13.5. The number of hydrogen-bond donors (Lipinski definition) is 1. The average Bonchev–Trinajstić information content (AvgIpc) is 2.57. The summed E-state index contributed by atoms with van der Waals surface area (Å²) in [7, 11) is 2.24. The lowest BCUT2D eigenvalue weighted by Crippen LogP contribution is -2.34. The van der Waals surface area contributed by atoms with E-state index in [-0.39, 0.29) is 0 Å². The highest BCUT2D eigenvalue weighted by Gasteiger charge is 2.26. The van der Waals surface area contributed by atoms with Crippen LogP contribution in [0, 0.1) is 5.92 Å². The Hall–Kier alpha value is -0.795. The molecule has 1 aromatic carbocycles. The molecule has 1 fully saturated rings. The molecule has 0 bridgehead atoms. The second-order valence-electron chi connectivity index (χ2n) is 6.39. The topological polar surface area (TPSA) is 23.5 Å². The molecule has 0 amide bonds. The van der Waals surface area contributed by atoms with Crippen molar-refractivity contribution < 1.29 is 5.11 Å². The van der Waals surface area contributed by atoms with Crippen LogP contribution in [0.4, 0.5) is 0 Å². The molecule has 21 heavy (non-hydrogen) atoms. The molecule has 1 N–H and O–H groups in total. The summed E-state index contributed by atoms with van der Waals surface area (Å²) in [6, 6.07) is 11.1. The van der Waals surface area contributed by atoms with Crippen molar-refractivity contribution in [3.63, 3.8) is 0 Å². The van der Waals surface area contributed by atoms with Gasteiger partial charge >= 0.3 is 0 Å². The van der Waals surface area contributed by atoms with Crippen LogP contribution in [-0.4, -0.2) is 44.0 Å². The van der Waals surface area contributed by atoms with E-state index in [1.807, 2.05) is 0 Å². The van der Waals surface area contributed by atoms with Crippen LogP contribution >= 0.6 is 0 Å². The largest absolute Gasteiger partial charge is 0.396 e. The molecule has 0 aromatic heterocycles. The molecule has 3 heteroatoms. The minimum absolute atomic E-state index is 0.302. The summed E-state index contributed by atoms with van der Waals surface area (Å²) < 4.78 is 0. The minimum Gasteiger partial charge on any atom is -0.396 e. The SMILES string of the molecule is BCN(CCCO)CC(c1ccccc1)C1CCCCC1. The number of aliphatic hydroxyl groups is 1. The van der Waals surface area contributed by atoms with E-state index in [9.17, 15) is 0 Å². The number of rotatable bonds is 8. The van der Waals surface area contributed by atoms with E-state index in [2.05, 4.69) is 43.1 Å². The molecular weight excluding hydrogens is 257 g/mol. The first-order chi connectivity index (χ1) is 10.3. The van der Waals surface area contributed by atoms with E-state index in [4.69, 9.17) is 5.11 Å². The molecule has 1 aliphatic rings. The number of benzene rings is 1. The van der Waals surface area contributed by atoms with Gasteiger partial charge in [-0.15, -0.1) is 0 Å². The Morgan fingerprint density at radius 2 is 1.86 bits per heavy atom. The lowest BCUT2D eigenvalue weighted by molar-refractivity contribution is 0.204. The van der Waals surface area contributed by atoms with Crippen molar-refractivity contribution in [2.45, 2.75) is 44.4 Å². The molecule has 1 unspecified atom stereocenters. The zero-order valence-corrected chi connectivity index (χ0v) is 13.5. The maximum absolute atomic E-state index is 9.08. The Bertz CT molecular complexity index is 378. The quantitative estimate of drug-likeness (QED) is 0.743. The van der Waals surface area contributed by atoms with Crippen molar-refractivity contribution >= 4 is 7.85 Å². The van der Waals surface area contributed by atoms with Gasteiger partial charge in [0, 0.05) is 13.2 Å². The van der Waals surface area contributed by atoms with E-state index in [0.717, 1.165) is 31.9 Å². The minimum atomic E-state index is 0.302. The predicted molar refractivity (Wildman–Crippen MR) is 92.4 cm³/mol. The normalized spacial score (nSPS) is 18.0. The van der Waals surface area contributed by atoms with E-state index >= 15 is 0 Å². The van der Waals surface area contributed by atoms with Crippen molar-refractivity contribution in [1.82, 2.24) is 4.90 Å². The van der Waals surface area contributed by atoms with Crippen molar-refractivity contribution in [2.75, 3.05) is 26.1 Å². The van der Waals surface area contributed by atoms with E-state index < -0.39 is 0 Å². The van der Waals surface area contributed by atoms with E-state index in [0.29, 0.717) is 12.5 Å². The van der Waals surface area contributed by atoms with Crippen LogP contribution in [0.3, 0.4) is 0 Å². The van der Waals surface area contributed by atoms with Crippen molar-refractivity contribution in [3.05, 3.63) is 35.9 Å². The third-order valence-corrected chi connectivity index (χ3v) is 4.98. The van der Waals surface area contributed by atoms with E-state index in [1.54, 1.807) is 0 Å². The van der Waals surface area contributed by atoms with Crippen molar-refractivity contribution in [2.24, 2.45) is 5.92 Å². The highest BCUT2D eigenvalue weighted by molar-refractivity contribution is 6.08. The van der Waals surface area contributed by atoms with Gasteiger partial charge in [0.1, 0.15) is 7.85 Å². The molecule has 1 saturated carbocycles. The smallest absolute Gasteiger partial charge is 0.119 e. The zero-order chi connectivity index (χ0) is 14.9. The molecule has 2 nitrogen and oxygen atoms in total. The number of nitrogens with zero attached hydrogens (tertiary/aromatic N) is 1. The van der Waals surface area contributed by atoms with Gasteiger partial charge in [0.2, 0.25) is 0 Å². The Balaban J connectivity index is 2.07. The lowest BCUT2D eigenvalue weighted by Gasteiger charge is -2.34. The Labute approximate surface area is 131 Å². The van der Waals surface area contributed by atoms with Gasteiger partial charge in [-0.25, -0.2) is 0 Å². The molecule has 0 aliphatic heterocycles. The molecule has 116 valence electrons. The highest BCUT2D eigenvalue weighted by atomic mass is 16.3. The molecule has 1 aromatic rings. The summed E-state index contributed by atoms with van der Waals surface area (Å²) in [5.41, 5.74) is 1.51. The third kappa shape index (κ3) is 5.16. The monoisotopic (exact) mass is 287 g/mol. The van der Waals surface area contributed by atoms with Gasteiger partial charge < -0.3 is 10.0 Å². The molecule has 0 spiro atoms. The molecule has 0 radical (unpaired) electrons. The lowest BCUT2D eigenvalue weighted by atomic mass is 9.76. The van der Waals surface area contributed by atoms with Crippen LogP contribution < -0.4 is 0 Å². The maximum atomic E-state index is 9.08. The van der Waals surface area contributed by atoms with Crippen LogP contribution in [0.15, 0.2) is 30.3 Å². The summed E-state index contributed by atoms with van der Waals surface area (Å²) in [4.78, 5) is 2.52. The second kappa shape index (κ2) is 9.27. The number of aliphatic hydroxyl groups excluding tert-OH is 1. The predicted octanol–water partition coefficient (Wildman–Crippen LogP) is 2.63. The molecule has 0 saturated heterocycles. The second-order valence-corrected chi connectivity index (χ2v) is 6.39. The molecule has 1 atom stereocenters. The molecule has 2 rings (SSSR count). The van der Waals surface area contributed by atoms with Gasteiger partial charge in [-0.1, -0.05) is 49.6 Å². The summed E-state index contributed by atoms with van der Waals surface area (Å²) in [5, 5.41) is 9.08. The van der Waals surface area contributed by atoms with Crippen LogP contribution in [0.2, 0.25) is 0 Å². The molecular formula is C18H30BNO. The first-order valence-corrected chi connectivity index (χ1v) is 8.73. The fraction of sp³-hybridized carbons (Fsp3) is 0.667. The summed E-state index contributed by atoms with van der Waals surface area (Å²) in [6.07, 6.45) is 8.96. The first-order valence-electron chi connectivity index (χ1n) is 8.73. The van der Waals surface area contributed by atoms with Crippen LogP contribution in [0.5, 0.6) is 0 Å². The Morgan fingerprint density at radius 1 is 1.14 bits per heavy atom. The summed E-state index contributed by atoms with van der Waals surface area (Å²) in [5.74, 6) is 1.49. The summed E-state index contributed by atoms with van der Waals surface area (Å²) >= 11 is 0. The Morgan fingerprint density at radius 3 is 2.48 bits per heavy atom. The van der Waals surface area contributed by atoms with Crippen molar-refractivity contribution in [3.8, 4) is 0 Å². The van der Waals surface area contributed by atoms with Gasteiger partial charge in [-0.2, -0.15) is 0 Å². The van der Waals surface area contributed by atoms with Gasteiger partial charge in [0.05, 0.1) is 0 Å². The van der Waals surface area contributed by atoms with Gasteiger partial charge in [-0.05, 0) is 49.7 Å². The van der Waals surface area contributed by atoms with Crippen LogP contribution in [0.1, 0.15) is 50.0 Å². The van der Waals surface area contributed by atoms with Crippen LogP contribution in [-0.2, 0) is 0 Å². The highest BCUT2D eigenvalue weighted by Crippen LogP contribution is 2.36. The van der Waals surface area contributed by atoms with Crippen molar-refractivity contribution in [1.29, 1.82) is 0 Å². The number of hydrogen-bond acceptors (Lipinski definition) is 2. The fourth-order valence-corrected chi connectivity index (χ4v) is 3.71. The molecule has 1 aliphatic carbocycles. The average molecular weight is 287 g/mol. The first kappa shape index (κ1) is 16.6. The summed E-state index contributed by atoms with van der Waals surface area (Å²) in [6.45, 7) is 2.46.